The topological polar surface area (TPSA) is 80.9 Å². The van der Waals surface area contributed by atoms with Crippen LogP contribution in [0.15, 0.2) is 0 Å². The molecule has 2 aliphatic carbocycles. The van der Waals surface area contributed by atoms with Gasteiger partial charge in [-0.25, -0.2) is 9.48 Å². The number of hydrogen-bond acceptors (Lipinski definition) is 4. The van der Waals surface area contributed by atoms with Crippen LogP contribution in [0.1, 0.15) is 57.7 Å². The summed E-state index contributed by atoms with van der Waals surface area (Å²) in [5.41, 5.74) is -0.939. The first-order chi connectivity index (χ1) is 8.58. The fraction of sp³-hybridized carbons (Fsp3) is 0.833. The highest BCUT2D eigenvalue weighted by molar-refractivity contribution is 5.77. The quantitative estimate of drug-likeness (QED) is 0.878. The lowest BCUT2D eigenvalue weighted by Crippen LogP contribution is -2.50. The number of aromatic nitrogens is 4. The third kappa shape index (κ3) is 1.41. The van der Waals surface area contributed by atoms with Crippen molar-refractivity contribution in [2.24, 2.45) is 0 Å². The molecule has 6 heteroatoms. The van der Waals surface area contributed by atoms with E-state index in [2.05, 4.69) is 22.4 Å². The minimum absolute atomic E-state index is 0.0540. The van der Waals surface area contributed by atoms with Gasteiger partial charge >= 0.3 is 5.97 Å². The molecule has 1 aromatic rings. The van der Waals surface area contributed by atoms with Crippen LogP contribution in [0.25, 0.3) is 0 Å². The maximum atomic E-state index is 11.6. The second kappa shape index (κ2) is 3.76. The van der Waals surface area contributed by atoms with Crippen LogP contribution in [-0.4, -0.2) is 31.3 Å². The van der Waals surface area contributed by atoms with Gasteiger partial charge in [0.05, 0.1) is 0 Å². The van der Waals surface area contributed by atoms with Crippen molar-refractivity contribution in [2.45, 2.75) is 62.8 Å². The number of hydrogen-bond donors (Lipinski definition) is 1. The van der Waals surface area contributed by atoms with Gasteiger partial charge in [-0.15, -0.1) is 5.10 Å². The van der Waals surface area contributed by atoms with Gasteiger partial charge in [-0.3, -0.25) is 0 Å². The predicted octanol–water partition coefficient (Wildman–Crippen LogP) is 1.47. The molecule has 0 bridgehead atoms. The SMILES string of the molecule is CC1(c2nnnn2C2(C(=O)O)CCC2)CCCC1. The van der Waals surface area contributed by atoms with Gasteiger partial charge in [0.15, 0.2) is 11.4 Å². The molecule has 2 saturated carbocycles. The van der Waals surface area contributed by atoms with E-state index in [-0.39, 0.29) is 5.41 Å². The molecule has 98 valence electrons. The van der Waals surface area contributed by atoms with Gasteiger partial charge < -0.3 is 5.11 Å². The first-order valence-electron chi connectivity index (χ1n) is 6.61. The molecule has 0 amide bonds. The Balaban J connectivity index is 2.04. The summed E-state index contributed by atoms with van der Waals surface area (Å²) in [4.78, 5) is 11.6. The maximum Gasteiger partial charge on any atom is 0.331 e. The zero-order valence-electron chi connectivity index (χ0n) is 10.6. The van der Waals surface area contributed by atoms with Crippen LogP contribution >= 0.6 is 0 Å². The number of carboxylic acids is 1. The molecule has 1 heterocycles. The Morgan fingerprint density at radius 2 is 1.89 bits per heavy atom. The fourth-order valence-corrected chi connectivity index (χ4v) is 3.26. The highest BCUT2D eigenvalue weighted by Gasteiger charge is 2.51. The Morgan fingerprint density at radius 1 is 1.22 bits per heavy atom. The zero-order chi connectivity index (χ0) is 12.8. The van der Waals surface area contributed by atoms with Crippen LogP contribution in [0, 0.1) is 0 Å². The van der Waals surface area contributed by atoms with Crippen molar-refractivity contribution in [3.63, 3.8) is 0 Å². The van der Waals surface area contributed by atoms with Gasteiger partial charge in [0.1, 0.15) is 0 Å². The van der Waals surface area contributed by atoms with Crippen LogP contribution in [0.5, 0.6) is 0 Å². The van der Waals surface area contributed by atoms with Crippen LogP contribution in [0.2, 0.25) is 0 Å². The minimum Gasteiger partial charge on any atom is -0.479 e. The van der Waals surface area contributed by atoms with Crippen molar-refractivity contribution in [1.29, 1.82) is 0 Å². The van der Waals surface area contributed by atoms with Crippen molar-refractivity contribution < 1.29 is 9.90 Å². The van der Waals surface area contributed by atoms with Crippen LogP contribution in [0.3, 0.4) is 0 Å². The van der Waals surface area contributed by atoms with Gasteiger partial charge in [-0.1, -0.05) is 19.8 Å². The lowest BCUT2D eigenvalue weighted by atomic mass is 9.75. The normalized spacial score (nSPS) is 24.7. The van der Waals surface area contributed by atoms with E-state index >= 15 is 0 Å². The number of carbonyl (C=O) groups is 1. The number of nitrogens with zero attached hydrogens (tertiary/aromatic N) is 4. The Bertz CT molecular complexity index is 472. The van der Waals surface area contributed by atoms with Gasteiger partial charge in [0, 0.05) is 5.41 Å². The first-order valence-corrected chi connectivity index (χ1v) is 6.61. The van der Waals surface area contributed by atoms with Crippen molar-refractivity contribution in [2.75, 3.05) is 0 Å². The summed E-state index contributed by atoms with van der Waals surface area (Å²) in [5.74, 6) is -0.0361. The average molecular weight is 250 g/mol. The van der Waals surface area contributed by atoms with E-state index in [0.29, 0.717) is 12.8 Å². The average Bonchev–Trinajstić information content (AvgIpc) is 2.85. The molecule has 0 spiro atoms. The predicted molar refractivity (Wildman–Crippen MR) is 63.1 cm³/mol. The molecule has 3 rings (SSSR count). The molecule has 18 heavy (non-hydrogen) atoms. The molecule has 0 unspecified atom stereocenters. The molecule has 6 nitrogen and oxygen atoms in total. The summed E-state index contributed by atoms with van der Waals surface area (Å²) >= 11 is 0. The minimum atomic E-state index is -0.884. The van der Waals surface area contributed by atoms with Crippen molar-refractivity contribution in [1.82, 2.24) is 20.2 Å². The fourth-order valence-electron chi connectivity index (χ4n) is 3.26. The monoisotopic (exact) mass is 250 g/mol. The largest absolute Gasteiger partial charge is 0.479 e. The van der Waals surface area contributed by atoms with E-state index in [0.717, 1.165) is 25.1 Å². The molecule has 1 aromatic heterocycles. The third-order valence-corrected chi connectivity index (χ3v) is 4.70. The summed E-state index contributed by atoms with van der Waals surface area (Å²) in [7, 11) is 0. The number of tetrazole rings is 1. The maximum absolute atomic E-state index is 11.6. The van der Waals surface area contributed by atoms with Crippen molar-refractivity contribution in [3.05, 3.63) is 5.82 Å². The third-order valence-electron chi connectivity index (χ3n) is 4.70. The van der Waals surface area contributed by atoms with E-state index in [4.69, 9.17) is 0 Å². The summed E-state index contributed by atoms with van der Waals surface area (Å²) < 4.78 is 1.60. The second-order valence-electron chi connectivity index (χ2n) is 5.87. The Hall–Kier alpha value is -1.46. The van der Waals surface area contributed by atoms with Gasteiger partial charge in [0.25, 0.3) is 0 Å². The van der Waals surface area contributed by atoms with Crippen molar-refractivity contribution >= 4 is 5.97 Å². The smallest absolute Gasteiger partial charge is 0.331 e. The molecule has 0 aliphatic heterocycles. The van der Waals surface area contributed by atoms with E-state index in [1.54, 1.807) is 4.68 Å². The Kier molecular flexibility index (Phi) is 2.43. The molecule has 0 aromatic carbocycles. The molecule has 2 aliphatic rings. The molecular weight excluding hydrogens is 232 g/mol. The molecular formula is C12H18N4O2. The molecule has 0 radical (unpaired) electrons. The highest BCUT2D eigenvalue weighted by atomic mass is 16.4. The van der Waals surface area contributed by atoms with E-state index in [1.807, 2.05) is 0 Å². The number of carboxylic acid groups (broad SMARTS) is 1. The number of aliphatic carboxylic acids is 1. The highest BCUT2D eigenvalue weighted by Crippen LogP contribution is 2.45. The molecule has 1 N–H and O–H groups in total. The lowest BCUT2D eigenvalue weighted by Gasteiger charge is -2.39. The van der Waals surface area contributed by atoms with Crippen LogP contribution in [-0.2, 0) is 15.7 Å². The first kappa shape index (κ1) is 11.6. The zero-order valence-corrected chi connectivity index (χ0v) is 10.6. The van der Waals surface area contributed by atoms with E-state index in [9.17, 15) is 9.90 Å². The van der Waals surface area contributed by atoms with Gasteiger partial charge in [-0.05, 0) is 42.5 Å². The van der Waals surface area contributed by atoms with Gasteiger partial charge in [0.2, 0.25) is 0 Å². The molecule has 0 atom stereocenters. The standard InChI is InChI=1S/C12H18N4O2/c1-11(5-2-3-6-11)9-13-14-15-16(9)12(10(17)18)7-4-8-12/h2-8H2,1H3,(H,17,18). The Morgan fingerprint density at radius 3 is 2.39 bits per heavy atom. The molecule has 0 saturated heterocycles. The summed E-state index contributed by atoms with van der Waals surface area (Å²) in [6, 6.07) is 0. The summed E-state index contributed by atoms with van der Waals surface area (Å²) in [5, 5.41) is 21.4. The Labute approximate surface area is 105 Å². The summed E-state index contributed by atoms with van der Waals surface area (Å²) in [6.07, 6.45) is 6.63. The van der Waals surface area contributed by atoms with Crippen LogP contribution in [0.4, 0.5) is 0 Å². The van der Waals surface area contributed by atoms with Crippen LogP contribution < -0.4 is 0 Å². The lowest BCUT2D eigenvalue weighted by molar-refractivity contribution is -0.153. The number of rotatable bonds is 3. The molecule has 2 fully saturated rings. The van der Waals surface area contributed by atoms with E-state index < -0.39 is 11.5 Å². The van der Waals surface area contributed by atoms with Gasteiger partial charge in [-0.2, -0.15) is 0 Å². The van der Waals surface area contributed by atoms with Crippen molar-refractivity contribution in [3.8, 4) is 0 Å². The second-order valence-corrected chi connectivity index (χ2v) is 5.87. The van der Waals surface area contributed by atoms with E-state index in [1.165, 1.54) is 12.8 Å². The summed E-state index contributed by atoms with van der Waals surface area (Å²) in [6.45, 7) is 2.15.